The first-order valence-corrected chi connectivity index (χ1v) is 20.4. The van der Waals surface area contributed by atoms with Gasteiger partial charge in [0.25, 0.3) is 0 Å². The van der Waals surface area contributed by atoms with Gasteiger partial charge in [-0.2, -0.15) is 0 Å². The number of esters is 1. The van der Waals surface area contributed by atoms with Crippen LogP contribution in [0.1, 0.15) is 85.5 Å². The summed E-state index contributed by atoms with van der Waals surface area (Å²) in [5.41, 5.74) is 0.187. The monoisotopic (exact) mass is 796 g/mol. The first kappa shape index (κ1) is 42.2. The van der Waals surface area contributed by atoms with E-state index in [4.69, 9.17) is 19.2 Å². The molecule has 0 spiro atoms. The zero-order valence-electron chi connectivity index (χ0n) is 34.2. The van der Waals surface area contributed by atoms with Crippen LogP contribution in [0.3, 0.4) is 0 Å². The number of methoxy groups -OCH3 is 1. The largest absolute Gasteiger partial charge is 0.497 e. The Bertz CT molecular complexity index is 2030. The fraction of sp³-hybridized carbons (Fsp3) is 0.511. The molecule has 3 amide bonds. The van der Waals surface area contributed by atoms with Gasteiger partial charge in [0.2, 0.25) is 17.7 Å². The smallest absolute Gasteiger partial charge is 0.332 e. The number of pyridine rings is 1. The van der Waals surface area contributed by atoms with Crippen molar-refractivity contribution in [2.75, 3.05) is 26.8 Å². The highest BCUT2D eigenvalue weighted by Gasteiger charge is 2.62. The first-order valence-electron chi connectivity index (χ1n) is 20.4. The first-order chi connectivity index (χ1) is 27.7. The number of hydrogen-bond donors (Lipinski definition) is 2. The van der Waals surface area contributed by atoms with Crippen molar-refractivity contribution in [1.29, 1.82) is 0 Å². The van der Waals surface area contributed by atoms with E-state index in [-0.39, 0.29) is 50.8 Å². The van der Waals surface area contributed by atoms with Crippen LogP contribution in [0.5, 0.6) is 11.5 Å². The maximum atomic E-state index is 15.2. The van der Waals surface area contributed by atoms with Gasteiger partial charge in [0.05, 0.1) is 31.5 Å². The molecule has 2 N–H and O–H groups in total. The minimum atomic E-state index is -1.26. The van der Waals surface area contributed by atoms with Gasteiger partial charge < -0.3 is 34.4 Å². The molecule has 1 saturated heterocycles. The van der Waals surface area contributed by atoms with Gasteiger partial charge in [-0.15, -0.1) is 0 Å². The molecule has 3 heterocycles. The molecule has 2 fully saturated rings. The van der Waals surface area contributed by atoms with E-state index < -0.39 is 52.9 Å². The fourth-order valence-electron chi connectivity index (χ4n) is 8.26. The number of nitrogens with zero attached hydrogens (tertiary/aromatic N) is 3. The number of rotatable bonds is 12. The highest BCUT2D eigenvalue weighted by molar-refractivity contribution is 5.97. The molecule has 3 aliphatic rings. The summed E-state index contributed by atoms with van der Waals surface area (Å²) < 4.78 is 17.8. The van der Waals surface area contributed by atoms with Crippen LogP contribution in [0, 0.1) is 11.3 Å². The van der Waals surface area contributed by atoms with Gasteiger partial charge in [-0.1, -0.05) is 69.7 Å². The summed E-state index contributed by atoms with van der Waals surface area (Å²) in [6.07, 6.45) is 6.56. The number of fused-ring (bicyclic) bond motifs is 3. The number of allylic oxidation sites excluding steroid dienone is 1. The third kappa shape index (κ3) is 9.45. The maximum absolute atomic E-state index is 15.2. The van der Waals surface area contributed by atoms with Crippen LogP contribution < -0.4 is 14.8 Å². The number of ether oxygens (including phenoxy) is 3. The van der Waals surface area contributed by atoms with Crippen molar-refractivity contribution in [3.63, 3.8) is 0 Å². The van der Waals surface area contributed by atoms with Crippen molar-refractivity contribution >= 4 is 40.6 Å². The molecule has 13 heteroatoms. The lowest BCUT2D eigenvalue weighted by Crippen LogP contribution is -2.60. The summed E-state index contributed by atoms with van der Waals surface area (Å²) in [6, 6.07) is 15.1. The SMILES string of the molecule is CCOC(=O)C12CC1C=CCCCC(=O)N(CCCCCC(=O)O)[C@@H](C(C)(C)C)C(=O)N1C[C@H](Oc3cc(-c4ccccc4)nc4cc(OC)ccc34)C[C@H]1C(=O)N2. The number of carboxylic acids is 1. The predicted molar refractivity (Wildman–Crippen MR) is 218 cm³/mol. The van der Waals surface area contributed by atoms with Gasteiger partial charge in [-0.05, 0) is 56.6 Å². The molecule has 6 rings (SSSR count). The summed E-state index contributed by atoms with van der Waals surface area (Å²) in [5.74, 6) is -1.61. The molecule has 1 aromatic heterocycles. The predicted octanol–water partition coefficient (Wildman–Crippen LogP) is 6.33. The Hall–Kier alpha value is -5.46. The Kier molecular flexibility index (Phi) is 13.1. The molecule has 0 radical (unpaired) electrons. The van der Waals surface area contributed by atoms with Gasteiger partial charge in [-0.3, -0.25) is 19.2 Å². The van der Waals surface area contributed by atoms with E-state index in [0.29, 0.717) is 61.2 Å². The quantitative estimate of drug-likeness (QED) is 0.120. The highest BCUT2D eigenvalue weighted by atomic mass is 16.5. The summed E-state index contributed by atoms with van der Waals surface area (Å²) in [4.78, 5) is 76.7. The molecule has 2 aliphatic heterocycles. The highest BCUT2D eigenvalue weighted by Crippen LogP contribution is 2.46. The van der Waals surface area contributed by atoms with Gasteiger partial charge in [-0.25, -0.2) is 9.78 Å². The van der Waals surface area contributed by atoms with Gasteiger partial charge in [0.1, 0.15) is 35.2 Å². The second kappa shape index (κ2) is 18.0. The van der Waals surface area contributed by atoms with E-state index >= 15 is 4.79 Å². The zero-order valence-corrected chi connectivity index (χ0v) is 34.2. The summed E-state index contributed by atoms with van der Waals surface area (Å²) in [6.45, 7) is 7.89. The third-order valence-electron chi connectivity index (χ3n) is 11.3. The standard InChI is InChI=1S/C45H56N4O9/c1-6-57-43(55)45-27-30(45)18-12-8-13-19-38(50)48(23-15-9-14-20-39(51)52)40(44(2,3)4)42(54)49-28-32(25-36(49)41(53)47-45)58-37-26-34(29-16-10-7-11-17-29)46-35-24-31(56-5)21-22-33(35)37/h7,10-12,16-18,21-22,24,26,30,32,36,40H,6,8-9,13-15,19-20,23,25,27-28H2,1-5H3,(H,47,53)(H,51,52)/t30?,32-,36+,40-,45?/m1/s1. The minimum Gasteiger partial charge on any atom is -0.497 e. The lowest BCUT2D eigenvalue weighted by Gasteiger charge is -2.42. The van der Waals surface area contributed by atoms with Crippen LogP contribution in [0.4, 0.5) is 0 Å². The second-order valence-corrected chi connectivity index (χ2v) is 16.6. The number of nitrogens with one attached hydrogen (secondary N) is 1. The van der Waals surface area contributed by atoms with Crippen LogP contribution in [0.2, 0.25) is 0 Å². The molecule has 0 bridgehead atoms. The van der Waals surface area contributed by atoms with E-state index in [1.54, 1.807) is 18.9 Å². The number of hydrogen-bond acceptors (Lipinski definition) is 9. The van der Waals surface area contributed by atoms with Crippen LogP contribution >= 0.6 is 0 Å². The van der Waals surface area contributed by atoms with Crippen molar-refractivity contribution in [2.45, 2.75) is 109 Å². The molecular formula is C45H56N4O9. The summed E-state index contributed by atoms with van der Waals surface area (Å²) in [7, 11) is 1.59. The average molecular weight is 797 g/mol. The molecule has 58 heavy (non-hydrogen) atoms. The Morgan fingerprint density at radius 2 is 1.81 bits per heavy atom. The second-order valence-electron chi connectivity index (χ2n) is 16.6. The molecule has 2 unspecified atom stereocenters. The number of carbonyl (C=O) groups excluding carboxylic acids is 4. The Balaban J connectivity index is 1.39. The Morgan fingerprint density at radius 1 is 1.03 bits per heavy atom. The molecular weight excluding hydrogens is 741 g/mol. The van der Waals surface area contributed by atoms with Crippen molar-refractivity contribution in [3.8, 4) is 22.8 Å². The number of unbranched alkanes of at least 4 members (excludes halogenated alkanes) is 2. The fourth-order valence-corrected chi connectivity index (χ4v) is 8.26. The summed E-state index contributed by atoms with van der Waals surface area (Å²) in [5, 5.41) is 12.9. The Labute approximate surface area is 340 Å². The van der Waals surface area contributed by atoms with E-state index in [1.165, 1.54) is 4.90 Å². The van der Waals surface area contributed by atoms with Crippen LogP contribution in [-0.2, 0) is 28.7 Å². The lowest BCUT2D eigenvalue weighted by molar-refractivity contribution is -0.154. The molecule has 2 aromatic carbocycles. The number of benzene rings is 2. The Morgan fingerprint density at radius 3 is 2.52 bits per heavy atom. The van der Waals surface area contributed by atoms with Crippen LogP contribution in [-0.4, -0.2) is 100 Å². The molecule has 5 atom stereocenters. The van der Waals surface area contributed by atoms with Gasteiger partial charge in [0.15, 0.2) is 0 Å². The summed E-state index contributed by atoms with van der Waals surface area (Å²) >= 11 is 0. The molecule has 1 aliphatic carbocycles. The van der Waals surface area contributed by atoms with Crippen LogP contribution in [0.15, 0.2) is 66.7 Å². The maximum Gasteiger partial charge on any atom is 0.332 e. The van der Waals surface area contributed by atoms with E-state index in [0.717, 1.165) is 10.9 Å². The number of carbonyl (C=O) groups is 5. The molecule has 1 saturated carbocycles. The number of aromatic nitrogens is 1. The van der Waals surface area contributed by atoms with Crippen molar-refractivity contribution in [1.82, 2.24) is 20.1 Å². The van der Waals surface area contributed by atoms with Crippen molar-refractivity contribution in [3.05, 3.63) is 66.7 Å². The van der Waals surface area contributed by atoms with E-state index in [1.807, 2.05) is 87.5 Å². The van der Waals surface area contributed by atoms with Gasteiger partial charge >= 0.3 is 11.9 Å². The van der Waals surface area contributed by atoms with Gasteiger partial charge in [0, 0.05) is 54.8 Å². The topological polar surface area (TPSA) is 165 Å². The number of amides is 3. The number of carboxylic acid groups (broad SMARTS) is 1. The zero-order chi connectivity index (χ0) is 41.6. The lowest BCUT2D eigenvalue weighted by atomic mass is 9.84. The van der Waals surface area contributed by atoms with Crippen molar-refractivity contribution < 1.29 is 43.3 Å². The third-order valence-corrected chi connectivity index (χ3v) is 11.3. The average Bonchev–Trinajstić information content (AvgIpc) is 3.72. The van der Waals surface area contributed by atoms with Crippen LogP contribution in [0.25, 0.3) is 22.2 Å². The molecule has 310 valence electrons. The molecule has 13 nitrogen and oxygen atoms in total. The van der Waals surface area contributed by atoms with Crippen molar-refractivity contribution in [2.24, 2.45) is 11.3 Å². The normalized spacial score (nSPS) is 24.0. The minimum absolute atomic E-state index is 0.0231. The van der Waals surface area contributed by atoms with E-state index in [2.05, 4.69) is 5.32 Å². The van der Waals surface area contributed by atoms with E-state index in [9.17, 15) is 24.3 Å². The number of aliphatic carboxylic acids is 1. The molecule has 3 aromatic rings.